The maximum Gasteiger partial charge on any atom is 0.214 e. The third kappa shape index (κ3) is 4.88. The third-order valence-electron chi connectivity index (χ3n) is 7.29. The number of nitrogens with zero attached hydrogens (tertiary/aromatic N) is 4. The summed E-state index contributed by atoms with van der Waals surface area (Å²) in [6, 6.07) is 2.76. The van der Waals surface area contributed by atoms with E-state index in [4.69, 9.17) is 0 Å². The molecule has 0 bridgehead atoms. The summed E-state index contributed by atoms with van der Waals surface area (Å²) in [5, 5.41) is 4.47. The van der Waals surface area contributed by atoms with Crippen LogP contribution in [0.25, 0.3) is 11.0 Å². The van der Waals surface area contributed by atoms with Crippen LogP contribution in [-0.4, -0.2) is 72.2 Å². The first kappa shape index (κ1) is 22.5. The number of hydrogen-bond donors (Lipinski definition) is 2. The monoisotopic (exact) mass is 448 g/mol. The number of aromatic amines is 1. The van der Waals surface area contributed by atoms with E-state index in [2.05, 4.69) is 46.1 Å². The number of anilines is 1. The molecular formula is C22H36N6O2S. The molecule has 1 aliphatic heterocycles. The highest BCUT2D eigenvalue weighted by atomic mass is 32.2. The number of aromatic nitrogens is 3. The molecule has 4 rings (SSSR count). The molecule has 2 fully saturated rings. The van der Waals surface area contributed by atoms with Crippen LogP contribution in [0.3, 0.4) is 0 Å². The molecule has 2 aromatic heterocycles. The lowest BCUT2D eigenvalue weighted by Gasteiger charge is -2.35. The Morgan fingerprint density at radius 1 is 1.26 bits per heavy atom. The van der Waals surface area contributed by atoms with Gasteiger partial charge in [-0.1, -0.05) is 6.92 Å². The molecule has 0 spiro atoms. The van der Waals surface area contributed by atoms with E-state index in [-0.39, 0.29) is 5.92 Å². The van der Waals surface area contributed by atoms with Crippen molar-refractivity contribution in [2.75, 3.05) is 37.3 Å². The molecule has 2 aromatic rings. The minimum atomic E-state index is -3.18. The average Bonchev–Trinajstić information content (AvgIpc) is 3.43. The molecule has 1 saturated heterocycles. The standard InChI is InChI=1S/C22H36N6O2S/c1-4-23-16(2)18-10-12-28(13-18)31(29,30)14-17-5-7-19(8-6-17)27(3)22-20-9-11-24-21(20)25-15-26-22/h9,11,15-19,23H,4-8,10,12-14H2,1-3H3,(H,24,25,26)/t16-,17-,18+,19-/m0/s1. The van der Waals surface area contributed by atoms with Crippen molar-refractivity contribution in [1.82, 2.24) is 24.6 Å². The van der Waals surface area contributed by atoms with E-state index in [0.29, 0.717) is 36.8 Å². The molecule has 2 N–H and O–H groups in total. The number of H-pyrrole nitrogens is 1. The summed E-state index contributed by atoms with van der Waals surface area (Å²) in [7, 11) is -1.10. The largest absolute Gasteiger partial charge is 0.356 e. The normalized spacial score (nSPS) is 26.4. The van der Waals surface area contributed by atoms with E-state index in [1.165, 1.54) is 0 Å². The zero-order chi connectivity index (χ0) is 22.0. The minimum absolute atomic E-state index is 0.248. The molecular weight excluding hydrogens is 412 g/mol. The maximum atomic E-state index is 13.1. The molecule has 1 aliphatic carbocycles. The smallest absolute Gasteiger partial charge is 0.214 e. The fourth-order valence-corrected chi connectivity index (χ4v) is 7.26. The van der Waals surface area contributed by atoms with Gasteiger partial charge in [0.05, 0.1) is 11.1 Å². The molecule has 3 heterocycles. The summed E-state index contributed by atoms with van der Waals surface area (Å²) < 4.78 is 27.9. The van der Waals surface area contributed by atoms with Crippen molar-refractivity contribution >= 4 is 26.9 Å². The highest BCUT2D eigenvalue weighted by Crippen LogP contribution is 2.33. The second-order valence-electron chi connectivity index (χ2n) is 9.25. The van der Waals surface area contributed by atoms with Gasteiger partial charge < -0.3 is 15.2 Å². The van der Waals surface area contributed by atoms with Crippen molar-refractivity contribution in [2.45, 2.75) is 58.0 Å². The molecule has 0 radical (unpaired) electrons. The number of hydrogen-bond acceptors (Lipinski definition) is 6. The number of sulfonamides is 1. The van der Waals surface area contributed by atoms with Crippen LogP contribution >= 0.6 is 0 Å². The van der Waals surface area contributed by atoms with E-state index < -0.39 is 10.0 Å². The van der Waals surface area contributed by atoms with Gasteiger partial charge in [-0.05, 0) is 63.5 Å². The lowest BCUT2D eigenvalue weighted by molar-refractivity contribution is 0.334. The summed E-state index contributed by atoms with van der Waals surface area (Å²) in [4.78, 5) is 14.2. The van der Waals surface area contributed by atoms with E-state index >= 15 is 0 Å². The van der Waals surface area contributed by atoms with Crippen LogP contribution in [0.15, 0.2) is 18.6 Å². The van der Waals surface area contributed by atoms with Gasteiger partial charge in [0.1, 0.15) is 17.8 Å². The minimum Gasteiger partial charge on any atom is -0.356 e. The highest BCUT2D eigenvalue weighted by molar-refractivity contribution is 7.89. The van der Waals surface area contributed by atoms with E-state index in [0.717, 1.165) is 55.5 Å². The van der Waals surface area contributed by atoms with Crippen molar-refractivity contribution in [3.63, 3.8) is 0 Å². The van der Waals surface area contributed by atoms with Gasteiger partial charge in [-0.3, -0.25) is 0 Å². The molecule has 0 unspecified atom stereocenters. The van der Waals surface area contributed by atoms with Gasteiger partial charge in [-0.15, -0.1) is 0 Å². The molecule has 0 aromatic carbocycles. The fourth-order valence-electron chi connectivity index (χ4n) is 5.32. The summed E-state index contributed by atoms with van der Waals surface area (Å²) >= 11 is 0. The SMILES string of the molecule is CCN[C@@H](C)[C@@H]1CCN(S(=O)(=O)C[C@H]2CC[C@H](N(C)c3ncnc4[nH]ccc34)CC2)C1. The van der Waals surface area contributed by atoms with Crippen molar-refractivity contribution in [2.24, 2.45) is 11.8 Å². The van der Waals surface area contributed by atoms with E-state index in [1.807, 2.05) is 12.3 Å². The maximum absolute atomic E-state index is 13.1. The third-order valence-corrected chi connectivity index (χ3v) is 9.30. The molecule has 9 heteroatoms. The van der Waals surface area contributed by atoms with Crippen molar-refractivity contribution < 1.29 is 8.42 Å². The summed E-state index contributed by atoms with van der Waals surface area (Å²) in [5.41, 5.74) is 0.851. The molecule has 2 atom stereocenters. The Balaban J connectivity index is 1.31. The Bertz CT molecular complexity index is 969. The summed E-state index contributed by atoms with van der Waals surface area (Å²) in [5.74, 6) is 1.90. The van der Waals surface area contributed by atoms with Gasteiger partial charge in [0.15, 0.2) is 0 Å². The Labute approximate surface area is 185 Å². The van der Waals surface area contributed by atoms with Crippen LogP contribution in [0.4, 0.5) is 5.82 Å². The molecule has 31 heavy (non-hydrogen) atoms. The van der Waals surface area contributed by atoms with Gasteiger partial charge in [-0.25, -0.2) is 22.7 Å². The predicted octanol–water partition coefficient (Wildman–Crippen LogP) is 2.60. The first-order valence-corrected chi connectivity index (χ1v) is 13.2. The zero-order valence-corrected chi connectivity index (χ0v) is 19.7. The Hall–Kier alpha value is -1.71. The van der Waals surface area contributed by atoms with Crippen LogP contribution in [-0.2, 0) is 10.0 Å². The van der Waals surface area contributed by atoms with Crippen LogP contribution in [0.2, 0.25) is 0 Å². The van der Waals surface area contributed by atoms with Crippen molar-refractivity contribution in [1.29, 1.82) is 0 Å². The van der Waals surface area contributed by atoms with Gasteiger partial charge in [0.2, 0.25) is 10.0 Å². The van der Waals surface area contributed by atoms with E-state index in [9.17, 15) is 8.42 Å². The zero-order valence-electron chi connectivity index (χ0n) is 18.9. The Morgan fingerprint density at radius 3 is 2.77 bits per heavy atom. The number of rotatable bonds is 8. The molecule has 0 amide bonds. The van der Waals surface area contributed by atoms with Crippen molar-refractivity contribution in [3.05, 3.63) is 18.6 Å². The summed E-state index contributed by atoms with van der Waals surface area (Å²) in [6.45, 7) is 6.52. The summed E-state index contributed by atoms with van der Waals surface area (Å²) in [6.07, 6.45) is 8.32. The molecule has 2 aliphatic rings. The lowest BCUT2D eigenvalue weighted by atomic mass is 9.86. The highest BCUT2D eigenvalue weighted by Gasteiger charge is 2.36. The van der Waals surface area contributed by atoms with Crippen LogP contribution in [0, 0.1) is 11.8 Å². The Morgan fingerprint density at radius 2 is 2.03 bits per heavy atom. The fraction of sp³-hybridized carbons (Fsp3) is 0.727. The molecule has 172 valence electrons. The molecule has 1 saturated carbocycles. The van der Waals surface area contributed by atoms with Gasteiger partial charge in [-0.2, -0.15) is 0 Å². The number of fused-ring (bicyclic) bond motifs is 1. The predicted molar refractivity (Wildman–Crippen MR) is 125 cm³/mol. The van der Waals surface area contributed by atoms with Crippen LogP contribution in [0.1, 0.15) is 46.0 Å². The van der Waals surface area contributed by atoms with Gasteiger partial charge >= 0.3 is 0 Å². The van der Waals surface area contributed by atoms with Crippen LogP contribution < -0.4 is 10.2 Å². The quantitative estimate of drug-likeness (QED) is 0.645. The second-order valence-corrected chi connectivity index (χ2v) is 11.3. The van der Waals surface area contributed by atoms with E-state index in [1.54, 1.807) is 10.6 Å². The van der Waals surface area contributed by atoms with Crippen molar-refractivity contribution in [3.8, 4) is 0 Å². The first-order valence-electron chi connectivity index (χ1n) is 11.6. The lowest BCUT2D eigenvalue weighted by Crippen LogP contribution is -2.40. The van der Waals surface area contributed by atoms with Crippen LogP contribution in [0.5, 0.6) is 0 Å². The van der Waals surface area contributed by atoms with Gasteiger partial charge in [0, 0.05) is 38.4 Å². The first-order chi connectivity index (χ1) is 14.9. The average molecular weight is 449 g/mol. The van der Waals surface area contributed by atoms with Gasteiger partial charge in [0.25, 0.3) is 0 Å². The molecule has 8 nitrogen and oxygen atoms in total. The number of nitrogens with one attached hydrogen (secondary N) is 2. The second kappa shape index (κ2) is 9.42. The Kier molecular flexibility index (Phi) is 6.83. The topological polar surface area (TPSA) is 94.2 Å².